The molecule has 0 saturated heterocycles. The number of halogens is 1. The van der Waals surface area contributed by atoms with Crippen LogP contribution < -0.4 is 17.3 Å². The van der Waals surface area contributed by atoms with Gasteiger partial charge in [0.15, 0.2) is 0 Å². The van der Waals surface area contributed by atoms with Crippen LogP contribution in [0.4, 0.5) is 0 Å². The molecule has 0 saturated carbocycles. The van der Waals surface area contributed by atoms with Crippen molar-refractivity contribution in [2.75, 3.05) is 19.7 Å². The van der Waals surface area contributed by atoms with Crippen molar-refractivity contribution >= 4 is 5.97 Å². The first kappa shape index (κ1) is 20.9. The Hall–Kier alpha value is -1.06. The fourth-order valence-electron chi connectivity index (χ4n) is 2.63. The van der Waals surface area contributed by atoms with E-state index in [0.717, 1.165) is 44.3 Å². The van der Waals surface area contributed by atoms with Crippen molar-refractivity contribution in [1.29, 1.82) is 0 Å². The first-order valence-electron chi connectivity index (χ1n) is 8.30. The van der Waals surface area contributed by atoms with Crippen LogP contribution in [0.25, 0.3) is 0 Å². The molecule has 1 atom stereocenters. The van der Waals surface area contributed by atoms with Crippen LogP contribution in [0.2, 0.25) is 0 Å². The van der Waals surface area contributed by atoms with E-state index >= 15 is 0 Å². The van der Waals surface area contributed by atoms with Gasteiger partial charge in [-0.2, -0.15) is 0 Å². The van der Waals surface area contributed by atoms with Crippen molar-refractivity contribution in [3.8, 4) is 0 Å². The molecule has 3 nitrogen and oxygen atoms in total. The summed E-state index contributed by atoms with van der Waals surface area (Å²) in [6.07, 6.45) is 4.59. The van der Waals surface area contributed by atoms with Gasteiger partial charge < -0.3 is 22.0 Å². The first-order valence-corrected chi connectivity index (χ1v) is 8.30. The minimum atomic E-state index is -0.191. The number of carbonyl (C=O) groups is 1. The van der Waals surface area contributed by atoms with E-state index < -0.39 is 0 Å². The molecule has 22 heavy (non-hydrogen) atoms. The zero-order chi connectivity index (χ0) is 15.5. The van der Waals surface area contributed by atoms with Crippen molar-refractivity contribution in [3.63, 3.8) is 0 Å². The highest BCUT2D eigenvalue weighted by Gasteiger charge is 2.32. The van der Waals surface area contributed by atoms with Crippen molar-refractivity contribution in [2.45, 2.75) is 52.5 Å². The summed E-state index contributed by atoms with van der Waals surface area (Å²) < 4.78 is 5.34. The van der Waals surface area contributed by atoms with Crippen LogP contribution in [0.3, 0.4) is 0 Å². The van der Waals surface area contributed by atoms with Crippen molar-refractivity contribution in [2.24, 2.45) is 0 Å². The molecule has 0 aliphatic rings. The lowest BCUT2D eigenvalue weighted by Gasteiger charge is -2.27. The summed E-state index contributed by atoms with van der Waals surface area (Å²) in [5, 5.41) is 0. The fourth-order valence-corrected chi connectivity index (χ4v) is 2.63. The number of hydrogen-bond donors (Lipinski definition) is 1. The molecule has 1 unspecified atom stereocenters. The number of ether oxygens (including phenoxy) is 1. The lowest BCUT2D eigenvalue weighted by molar-refractivity contribution is -0.923. The summed E-state index contributed by atoms with van der Waals surface area (Å²) in [5.41, 5.74) is 1.07. The van der Waals surface area contributed by atoms with E-state index in [-0.39, 0.29) is 24.4 Å². The van der Waals surface area contributed by atoms with E-state index in [9.17, 15) is 4.79 Å². The molecule has 0 radical (unpaired) electrons. The third kappa shape index (κ3) is 6.80. The topological polar surface area (TPSA) is 30.7 Å². The molecular formula is C18H30ClNO2. The van der Waals surface area contributed by atoms with Crippen LogP contribution >= 0.6 is 0 Å². The van der Waals surface area contributed by atoms with Crippen molar-refractivity contribution in [1.82, 2.24) is 0 Å². The molecule has 0 aromatic heterocycles. The Kier molecular flexibility index (Phi) is 11.9. The van der Waals surface area contributed by atoms with Gasteiger partial charge in [-0.05, 0) is 19.8 Å². The second-order valence-corrected chi connectivity index (χ2v) is 5.46. The number of esters is 1. The zero-order valence-electron chi connectivity index (χ0n) is 14.1. The molecule has 0 spiro atoms. The van der Waals surface area contributed by atoms with Gasteiger partial charge in [-0.25, -0.2) is 4.79 Å². The van der Waals surface area contributed by atoms with E-state index in [2.05, 4.69) is 13.8 Å². The van der Waals surface area contributed by atoms with Gasteiger partial charge in [-0.15, -0.1) is 0 Å². The van der Waals surface area contributed by atoms with Gasteiger partial charge in [0.05, 0.1) is 19.7 Å². The van der Waals surface area contributed by atoms with Gasteiger partial charge in [0.25, 0.3) is 0 Å². The Bertz CT molecular complexity index is 389. The highest BCUT2D eigenvalue weighted by Crippen LogP contribution is 2.12. The number of benzene rings is 1. The van der Waals surface area contributed by atoms with Crippen LogP contribution in [0, 0.1) is 0 Å². The lowest BCUT2D eigenvalue weighted by Crippen LogP contribution is -3.13. The monoisotopic (exact) mass is 327 g/mol. The number of rotatable bonds is 10. The largest absolute Gasteiger partial charge is 1.00 e. The Morgan fingerprint density at radius 1 is 1.05 bits per heavy atom. The number of unbranched alkanes of at least 4 members (excludes halogenated alkanes) is 2. The molecule has 0 fully saturated rings. The molecule has 0 amide bonds. The van der Waals surface area contributed by atoms with E-state index in [1.165, 1.54) is 4.90 Å². The van der Waals surface area contributed by atoms with Gasteiger partial charge in [-0.1, -0.05) is 57.0 Å². The molecule has 1 rings (SSSR count). The standard InChI is InChI=1S/C18H29NO2.ClH/c1-4-7-14-19(15-8-5-2)17(18(20)21-6-3)16-12-10-9-11-13-16;/h9-13,17H,4-8,14-15H2,1-3H3;1H. The van der Waals surface area contributed by atoms with E-state index in [1.54, 1.807) is 0 Å². The molecular weight excluding hydrogens is 298 g/mol. The highest BCUT2D eigenvalue weighted by atomic mass is 35.5. The van der Waals surface area contributed by atoms with Crippen LogP contribution in [-0.4, -0.2) is 25.7 Å². The summed E-state index contributed by atoms with van der Waals surface area (Å²) in [6.45, 7) is 8.75. The average Bonchev–Trinajstić information content (AvgIpc) is 2.51. The van der Waals surface area contributed by atoms with Crippen molar-refractivity contribution < 1.29 is 26.8 Å². The van der Waals surface area contributed by atoms with Gasteiger partial charge in [0.2, 0.25) is 6.04 Å². The molecule has 126 valence electrons. The van der Waals surface area contributed by atoms with Gasteiger partial charge >= 0.3 is 5.97 Å². The van der Waals surface area contributed by atoms with Crippen LogP contribution in [0.15, 0.2) is 30.3 Å². The number of hydrogen-bond acceptors (Lipinski definition) is 2. The Balaban J connectivity index is 0.00000441. The Morgan fingerprint density at radius 2 is 1.59 bits per heavy atom. The quantitative estimate of drug-likeness (QED) is 0.602. The maximum absolute atomic E-state index is 12.5. The second kappa shape index (κ2) is 12.5. The minimum Gasteiger partial charge on any atom is -1.00 e. The second-order valence-electron chi connectivity index (χ2n) is 5.46. The Morgan fingerprint density at radius 3 is 2.05 bits per heavy atom. The third-order valence-corrected chi connectivity index (χ3v) is 3.77. The van der Waals surface area contributed by atoms with Gasteiger partial charge in [0.1, 0.15) is 0 Å². The number of quaternary nitrogens is 1. The number of nitrogens with one attached hydrogen (secondary N) is 1. The smallest absolute Gasteiger partial charge is 0.369 e. The van der Waals surface area contributed by atoms with E-state index in [4.69, 9.17) is 4.74 Å². The molecule has 1 aromatic rings. The summed E-state index contributed by atoms with van der Waals surface area (Å²) >= 11 is 0. The molecule has 1 N–H and O–H groups in total. The minimum absolute atomic E-state index is 0. The predicted molar refractivity (Wildman–Crippen MR) is 86.3 cm³/mol. The average molecular weight is 328 g/mol. The number of carbonyl (C=O) groups excluding carboxylic acids is 1. The zero-order valence-corrected chi connectivity index (χ0v) is 14.9. The maximum Gasteiger partial charge on any atom is 0.369 e. The van der Waals surface area contributed by atoms with E-state index in [0.29, 0.717) is 6.61 Å². The fraction of sp³-hybridized carbons (Fsp3) is 0.611. The first-order chi connectivity index (χ1) is 10.2. The molecule has 0 bridgehead atoms. The Labute approximate surface area is 141 Å². The summed E-state index contributed by atoms with van der Waals surface area (Å²) in [4.78, 5) is 13.8. The maximum atomic E-state index is 12.5. The third-order valence-electron chi connectivity index (χ3n) is 3.77. The van der Waals surface area contributed by atoms with Crippen molar-refractivity contribution in [3.05, 3.63) is 35.9 Å². The molecule has 0 aliphatic carbocycles. The van der Waals surface area contributed by atoms with Gasteiger partial charge in [-0.3, -0.25) is 0 Å². The van der Waals surface area contributed by atoms with E-state index in [1.807, 2.05) is 37.3 Å². The van der Waals surface area contributed by atoms with Crippen LogP contribution in [0.1, 0.15) is 58.1 Å². The molecule has 4 heteroatoms. The van der Waals surface area contributed by atoms with Crippen LogP contribution in [0.5, 0.6) is 0 Å². The molecule has 1 aromatic carbocycles. The normalized spacial score (nSPS) is 11.8. The SMILES string of the molecule is CCCC[NH+](CCCC)C(C(=O)OCC)c1ccccc1.[Cl-]. The summed E-state index contributed by atoms with van der Waals surface area (Å²) in [5.74, 6) is -0.0918. The molecule has 0 aliphatic heterocycles. The summed E-state index contributed by atoms with van der Waals surface area (Å²) in [6, 6.07) is 9.88. The molecule has 0 heterocycles. The van der Waals surface area contributed by atoms with Gasteiger partial charge in [0, 0.05) is 5.56 Å². The summed E-state index contributed by atoms with van der Waals surface area (Å²) in [7, 11) is 0. The predicted octanol–water partition coefficient (Wildman–Crippen LogP) is -0.220. The lowest BCUT2D eigenvalue weighted by atomic mass is 10.0. The van der Waals surface area contributed by atoms with Crippen LogP contribution in [-0.2, 0) is 9.53 Å². The highest BCUT2D eigenvalue weighted by molar-refractivity contribution is 5.76.